The maximum atomic E-state index is 14.5. The molecule has 2 aromatic carbocycles. The van der Waals surface area contributed by atoms with Crippen molar-refractivity contribution >= 4 is 22.5 Å². The van der Waals surface area contributed by atoms with Crippen LogP contribution in [0.1, 0.15) is 22.5 Å². The standard InChI is InChI=1S/C28H29FN6O2/c1-16-9-18(11-19(29)10-16)21-13-32-23-4-3-17(22-14-34(2)33-26(22)28(30)36)12-20(23)27(21)35-7-5-25-24(15-35)31-6-8-37-25/h3-4,9-14,24-25,31H,5-8,15H2,1-2H3,(H2,30,36)/t24-,25-/m1/s1. The molecular formula is C28H29FN6O2. The van der Waals surface area contributed by atoms with Gasteiger partial charge >= 0.3 is 0 Å². The van der Waals surface area contributed by atoms with E-state index in [1.54, 1.807) is 24.0 Å². The van der Waals surface area contributed by atoms with Gasteiger partial charge in [0, 0.05) is 55.6 Å². The first-order chi connectivity index (χ1) is 17.9. The molecule has 2 fully saturated rings. The number of nitrogens with zero attached hydrogens (tertiary/aromatic N) is 4. The topological polar surface area (TPSA) is 98.3 Å². The number of pyridine rings is 1. The number of hydrogen-bond donors (Lipinski definition) is 2. The molecule has 9 heteroatoms. The molecule has 2 aliphatic heterocycles. The van der Waals surface area contributed by atoms with Crippen molar-refractivity contribution in [2.45, 2.75) is 25.5 Å². The van der Waals surface area contributed by atoms with Gasteiger partial charge in [0.25, 0.3) is 5.91 Å². The van der Waals surface area contributed by atoms with Crippen LogP contribution in [0.2, 0.25) is 0 Å². The van der Waals surface area contributed by atoms with Gasteiger partial charge in [0.2, 0.25) is 0 Å². The lowest BCUT2D eigenvalue weighted by molar-refractivity contribution is -0.0134. The van der Waals surface area contributed by atoms with Gasteiger partial charge in [0.15, 0.2) is 5.69 Å². The van der Waals surface area contributed by atoms with E-state index in [0.717, 1.165) is 71.5 Å². The summed E-state index contributed by atoms with van der Waals surface area (Å²) in [6.45, 7) is 5.00. The fourth-order valence-corrected chi connectivity index (χ4v) is 5.66. The number of piperidine rings is 1. The number of nitrogens with two attached hydrogens (primary N) is 1. The van der Waals surface area contributed by atoms with Crippen LogP contribution in [0.4, 0.5) is 10.1 Å². The SMILES string of the molecule is Cc1cc(F)cc(-c2cnc3ccc(-c4cn(C)nc4C(N)=O)cc3c2N2CC[C@H]3OCCN[C@@H]3C2)c1. The van der Waals surface area contributed by atoms with E-state index in [1.165, 1.54) is 6.07 Å². The molecule has 0 aliphatic carbocycles. The quantitative estimate of drug-likeness (QED) is 0.446. The van der Waals surface area contributed by atoms with Crippen molar-refractivity contribution < 1.29 is 13.9 Å². The van der Waals surface area contributed by atoms with Crippen molar-refractivity contribution in [2.75, 3.05) is 31.1 Å². The van der Waals surface area contributed by atoms with Crippen LogP contribution in [-0.2, 0) is 11.8 Å². The van der Waals surface area contributed by atoms with Crippen molar-refractivity contribution in [2.24, 2.45) is 12.8 Å². The van der Waals surface area contributed by atoms with Crippen molar-refractivity contribution in [3.05, 3.63) is 65.9 Å². The Morgan fingerprint density at radius 3 is 2.86 bits per heavy atom. The normalized spacial score (nSPS) is 19.7. The van der Waals surface area contributed by atoms with Gasteiger partial charge in [-0.3, -0.25) is 14.5 Å². The van der Waals surface area contributed by atoms with E-state index in [4.69, 9.17) is 15.5 Å². The summed E-state index contributed by atoms with van der Waals surface area (Å²) in [4.78, 5) is 19.2. The Labute approximate surface area is 214 Å². The Balaban J connectivity index is 1.56. The van der Waals surface area contributed by atoms with Crippen molar-refractivity contribution in [3.63, 3.8) is 0 Å². The number of halogens is 1. The predicted molar refractivity (Wildman–Crippen MR) is 141 cm³/mol. The number of carbonyl (C=O) groups is 1. The van der Waals surface area contributed by atoms with Gasteiger partial charge < -0.3 is 20.7 Å². The zero-order chi connectivity index (χ0) is 25.7. The molecule has 2 aliphatic rings. The highest BCUT2D eigenvalue weighted by molar-refractivity contribution is 6.03. The number of morpholine rings is 1. The average Bonchev–Trinajstić information content (AvgIpc) is 3.29. The van der Waals surface area contributed by atoms with Crippen molar-refractivity contribution in [3.8, 4) is 22.3 Å². The summed E-state index contributed by atoms with van der Waals surface area (Å²) in [7, 11) is 1.76. The van der Waals surface area contributed by atoms with Gasteiger partial charge in [-0.25, -0.2) is 4.39 Å². The molecule has 2 saturated heterocycles. The average molecular weight is 501 g/mol. The zero-order valence-electron chi connectivity index (χ0n) is 20.9. The molecule has 0 radical (unpaired) electrons. The van der Waals surface area contributed by atoms with E-state index in [1.807, 2.05) is 37.4 Å². The molecular weight excluding hydrogens is 471 g/mol. The third kappa shape index (κ3) is 4.34. The fraction of sp³-hybridized carbons (Fsp3) is 0.321. The molecule has 3 N–H and O–H groups in total. The first kappa shape index (κ1) is 23.6. The minimum Gasteiger partial charge on any atom is -0.375 e. The van der Waals surface area contributed by atoms with Gasteiger partial charge in [0.1, 0.15) is 5.82 Å². The fourth-order valence-electron chi connectivity index (χ4n) is 5.66. The number of anilines is 1. The van der Waals surface area contributed by atoms with Crippen LogP contribution in [0.15, 0.2) is 48.8 Å². The molecule has 1 amide bonds. The zero-order valence-corrected chi connectivity index (χ0v) is 20.9. The van der Waals surface area contributed by atoms with Crippen LogP contribution in [0.5, 0.6) is 0 Å². The molecule has 37 heavy (non-hydrogen) atoms. The Kier molecular flexibility index (Phi) is 5.89. The molecule has 2 atom stereocenters. The summed E-state index contributed by atoms with van der Waals surface area (Å²) in [5, 5.41) is 8.78. The van der Waals surface area contributed by atoms with Gasteiger partial charge in [-0.05, 0) is 54.3 Å². The molecule has 0 unspecified atom stereocenters. The molecule has 0 bridgehead atoms. The summed E-state index contributed by atoms with van der Waals surface area (Å²) in [5.41, 5.74) is 11.6. The highest BCUT2D eigenvalue weighted by atomic mass is 19.1. The monoisotopic (exact) mass is 500 g/mol. The Morgan fingerprint density at radius 1 is 1.19 bits per heavy atom. The van der Waals surface area contributed by atoms with Gasteiger partial charge in [0.05, 0.1) is 30.0 Å². The van der Waals surface area contributed by atoms with E-state index < -0.39 is 5.91 Å². The Hall–Kier alpha value is -3.82. The number of fused-ring (bicyclic) bond motifs is 2. The molecule has 4 heterocycles. The summed E-state index contributed by atoms with van der Waals surface area (Å²) >= 11 is 0. The molecule has 190 valence electrons. The van der Waals surface area contributed by atoms with E-state index in [0.29, 0.717) is 5.56 Å². The smallest absolute Gasteiger partial charge is 0.269 e. The molecule has 0 saturated carbocycles. The molecule has 4 aromatic rings. The van der Waals surface area contributed by atoms with Crippen LogP contribution in [0.3, 0.4) is 0 Å². The molecule has 0 spiro atoms. The van der Waals surface area contributed by atoms with Gasteiger partial charge in [-0.1, -0.05) is 12.1 Å². The lowest BCUT2D eigenvalue weighted by Crippen LogP contribution is -2.58. The number of nitrogens with one attached hydrogen (secondary N) is 1. The van der Waals surface area contributed by atoms with Crippen LogP contribution in [0.25, 0.3) is 33.2 Å². The minimum absolute atomic E-state index is 0.182. The largest absolute Gasteiger partial charge is 0.375 e. The highest BCUT2D eigenvalue weighted by Gasteiger charge is 2.33. The Bertz CT molecular complexity index is 1500. The van der Waals surface area contributed by atoms with Crippen LogP contribution >= 0.6 is 0 Å². The van der Waals surface area contributed by atoms with E-state index in [-0.39, 0.29) is 23.7 Å². The number of ether oxygens (including phenoxy) is 1. The van der Waals surface area contributed by atoms with Crippen LogP contribution < -0.4 is 16.0 Å². The second-order valence-corrected chi connectivity index (χ2v) is 9.90. The van der Waals surface area contributed by atoms with Gasteiger partial charge in [-0.2, -0.15) is 5.10 Å². The minimum atomic E-state index is -0.580. The third-order valence-electron chi connectivity index (χ3n) is 7.27. The molecule has 2 aromatic heterocycles. The number of aromatic nitrogens is 3. The molecule has 8 nitrogen and oxygen atoms in total. The van der Waals surface area contributed by atoms with Crippen molar-refractivity contribution in [1.29, 1.82) is 0 Å². The number of primary amides is 1. The number of benzene rings is 2. The number of hydrogen-bond acceptors (Lipinski definition) is 6. The third-order valence-corrected chi connectivity index (χ3v) is 7.27. The van der Waals surface area contributed by atoms with Crippen LogP contribution in [-0.4, -0.2) is 59.1 Å². The Morgan fingerprint density at radius 2 is 2.05 bits per heavy atom. The van der Waals surface area contributed by atoms with Gasteiger partial charge in [-0.15, -0.1) is 0 Å². The second kappa shape index (κ2) is 9.24. The lowest BCUT2D eigenvalue weighted by atomic mass is 9.94. The second-order valence-electron chi connectivity index (χ2n) is 9.90. The number of amides is 1. The highest BCUT2D eigenvalue weighted by Crippen LogP contribution is 2.40. The number of carbonyl (C=O) groups excluding carboxylic acids is 1. The summed E-state index contributed by atoms with van der Waals surface area (Å²) in [6, 6.07) is 11.2. The molecule has 6 rings (SSSR count). The summed E-state index contributed by atoms with van der Waals surface area (Å²) < 4.78 is 22.1. The maximum Gasteiger partial charge on any atom is 0.269 e. The van der Waals surface area contributed by atoms with E-state index in [2.05, 4.69) is 15.3 Å². The number of aryl methyl sites for hydroxylation is 2. The predicted octanol–water partition coefficient (Wildman–Crippen LogP) is 3.42. The maximum absolute atomic E-state index is 14.5. The first-order valence-corrected chi connectivity index (χ1v) is 12.5. The van der Waals surface area contributed by atoms with Crippen LogP contribution in [0, 0.1) is 12.7 Å². The van der Waals surface area contributed by atoms with Crippen molar-refractivity contribution in [1.82, 2.24) is 20.1 Å². The first-order valence-electron chi connectivity index (χ1n) is 12.5. The summed E-state index contributed by atoms with van der Waals surface area (Å²) in [6.07, 6.45) is 4.70. The summed E-state index contributed by atoms with van der Waals surface area (Å²) in [5.74, 6) is -0.860. The van der Waals surface area contributed by atoms with E-state index >= 15 is 0 Å². The number of rotatable bonds is 4. The lowest BCUT2D eigenvalue weighted by Gasteiger charge is -2.43. The van der Waals surface area contributed by atoms with E-state index in [9.17, 15) is 9.18 Å².